The van der Waals surface area contributed by atoms with Crippen LogP contribution in [0.4, 0.5) is 5.69 Å². The van der Waals surface area contributed by atoms with Gasteiger partial charge in [-0.2, -0.15) is 0 Å². The van der Waals surface area contributed by atoms with Crippen LogP contribution in [0.1, 0.15) is 16.8 Å². The Morgan fingerprint density at radius 2 is 1.88 bits per heavy atom. The van der Waals surface area contributed by atoms with E-state index in [2.05, 4.69) is 39.2 Å². The fourth-order valence-corrected chi connectivity index (χ4v) is 4.15. The molecule has 2 aromatic carbocycles. The smallest absolute Gasteiger partial charge is 0.173 e. The summed E-state index contributed by atoms with van der Waals surface area (Å²) in [5.41, 5.74) is 5.60. The van der Waals surface area contributed by atoms with Crippen LogP contribution in [0.25, 0.3) is 10.9 Å². The lowest BCUT2D eigenvalue weighted by molar-refractivity contribution is 0.415. The third-order valence-electron chi connectivity index (χ3n) is 5.46. The Morgan fingerprint density at radius 3 is 2.59 bits per heavy atom. The minimum absolute atomic E-state index is 0.666. The summed E-state index contributed by atoms with van der Waals surface area (Å²) in [6, 6.07) is 17.7. The molecule has 2 aromatic heterocycles. The third-order valence-corrected chi connectivity index (χ3v) is 6.08. The average molecular weight is 465 g/mol. The van der Waals surface area contributed by atoms with Gasteiger partial charge in [0.1, 0.15) is 5.75 Å². The largest absolute Gasteiger partial charge is 0.497 e. The number of methoxy groups -OCH3 is 1. The summed E-state index contributed by atoms with van der Waals surface area (Å²) in [7, 11) is 1.69. The highest BCUT2D eigenvalue weighted by molar-refractivity contribution is 7.80. The van der Waals surface area contributed by atoms with Crippen LogP contribution in [0.5, 0.6) is 5.75 Å². The van der Waals surface area contributed by atoms with Gasteiger partial charge in [0.05, 0.1) is 7.11 Å². The van der Waals surface area contributed by atoms with Crippen LogP contribution in [0.15, 0.2) is 67.0 Å². The Balaban J connectivity index is 1.56. The van der Waals surface area contributed by atoms with Crippen molar-refractivity contribution >= 4 is 45.5 Å². The molecule has 2 N–H and O–H groups in total. The lowest BCUT2D eigenvalue weighted by Crippen LogP contribution is -2.36. The number of nitrogens with zero attached hydrogens (tertiary/aromatic N) is 2. The Hall–Kier alpha value is -3.09. The van der Waals surface area contributed by atoms with E-state index in [4.69, 9.17) is 28.6 Å². The molecular weight excluding hydrogens is 440 g/mol. The van der Waals surface area contributed by atoms with Gasteiger partial charge in [0, 0.05) is 52.8 Å². The van der Waals surface area contributed by atoms with E-state index in [0.717, 1.165) is 41.2 Å². The first-order chi connectivity index (χ1) is 15.5. The van der Waals surface area contributed by atoms with Crippen molar-refractivity contribution in [3.05, 3.63) is 88.8 Å². The average Bonchev–Trinajstić information content (AvgIpc) is 3.12. The van der Waals surface area contributed by atoms with Crippen LogP contribution < -0.4 is 10.1 Å². The fourth-order valence-electron chi connectivity index (χ4n) is 3.75. The molecule has 7 heteroatoms. The molecule has 0 aliphatic carbocycles. The highest BCUT2D eigenvalue weighted by Crippen LogP contribution is 2.27. The molecule has 0 radical (unpaired) electrons. The van der Waals surface area contributed by atoms with Crippen LogP contribution in [0, 0.1) is 6.92 Å². The molecule has 4 rings (SSSR count). The number of aryl methyl sites for hydroxylation is 1. The number of H-pyrrole nitrogens is 1. The predicted molar refractivity (Wildman–Crippen MR) is 136 cm³/mol. The maximum Gasteiger partial charge on any atom is 0.173 e. The van der Waals surface area contributed by atoms with Crippen LogP contribution in [-0.2, 0) is 13.0 Å². The van der Waals surface area contributed by atoms with Crippen molar-refractivity contribution in [3.8, 4) is 5.75 Å². The molecular formula is C25H25ClN4OS. The molecule has 0 spiro atoms. The molecule has 0 fully saturated rings. The maximum absolute atomic E-state index is 6.02. The first-order valence-corrected chi connectivity index (χ1v) is 11.2. The molecule has 0 aliphatic rings. The topological polar surface area (TPSA) is 53.2 Å². The number of aromatic amines is 1. The first kappa shape index (κ1) is 22.1. The molecule has 0 atom stereocenters. The number of nitrogens with one attached hydrogen (secondary N) is 2. The van der Waals surface area contributed by atoms with Crippen molar-refractivity contribution in [3.63, 3.8) is 0 Å². The summed E-state index contributed by atoms with van der Waals surface area (Å²) < 4.78 is 5.43. The van der Waals surface area contributed by atoms with Gasteiger partial charge in [-0.15, -0.1) is 0 Å². The molecule has 2 heterocycles. The van der Waals surface area contributed by atoms with Gasteiger partial charge >= 0.3 is 0 Å². The minimum atomic E-state index is 0.666. The van der Waals surface area contributed by atoms with Gasteiger partial charge in [-0.25, -0.2) is 0 Å². The second kappa shape index (κ2) is 10.0. The van der Waals surface area contributed by atoms with Gasteiger partial charge in [0.15, 0.2) is 5.11 Å². The summed E-state index contributed by atoms with van der Waals surface area (Å²) in [5.74, 6) is 0.853. The molecule has 0 bridgehead atoms. The van der Waals surface area contributed by atoms with Gasteiger partial charge in [-0.05, 0) is 91.3 Å². The second-order valence-electron chi connectivity index (χ2n) is 7.60. The molecule has 32 heavy (non-hydrogen) atoms. The molecule has 0 unspecified atom stereocenters. The minimum Gasteiger partial charge on any atom is -0.497 e. The second-order valence-corrected chi connectivity index (χ2v) is 8.43. The van der Waals surface area contributed by atoms with Crippen molar-refractivity contribution < 1.29 is 4.74 Å². The normalized spacial score (nSPS) is 10.8. The molecule has 164 valence electrons. The van der Waals surface area contributed by atoms with Crippen LogP contribution in [0.3, 0.4) is 0 Å². The zero-order valence-electron chi connectivity index (χ0n) is 18.1. The van der Waals surface area contributed by atoms with Crippen molar-refractivity contribution in [1.82, 2.24) is 14.9 Å². The Labute approximate surface area is 198 Å². The Kier molecular flexibility index (Phi) is 6.93. The fraction of sp³-hybridized carbons (Fsp3) is 0.200. The van der Waals surface area contributed by atoms with Gasteiger partial charge in [-0.1, -0.05) is 11.6 Å². The summed E-state index contributed by atoms with van der Waals surface area (Å²) in [5, 5.41) is 5.89. The number of halogens is 1. The lowest BCUT2D eigenvalue weighted by atomic mass is 10.1. The molecule has 0 aliphatic heterocycles. The van der Waals surface area contributed by atoms with Gasteiger partial charge in [-0.3, -0.25) is 4.98 Å². The number of aromatic nitrogens is 2. The maximum atomic E-state index is 6.02. The van der Waals surface area contributed by atoms with Crippen molar-refractivity contribution in [2.45, 2.75) is 19.9 Å². The summed E-state index contributed by atoms with van der Waals surface area (Å²) >= 11 is 11.8. The van der Waals surface area contributed by atoms with Crippen molar-refractivity contribution in [2.24, 2.45) is 0 Å². The number of ether oxygens (including phenoxy) is 1. The summed E-state index contributed by atoms with van der Waals surface area (Å²) in [6.45, 7) is 3.55. The van der Waals surface area contributed by atoms with Gasteiger partial charge < -0.3 is 19.9 Å². The first-order valence-electron chi connectivity index (χ1n) is 10.4. The Bertz CT molecular complexity index is 1210. The molecule has 0 amide bonds. The number of rotatable bonds is 7. The standard InChI is InChI=1S/C25H25ClN4OS/c1-17-22(23-15-21(31-2)7-8-24(23)28-17)11-14-30(16-18-9-12-27-13-10-18)25(32)29-20-5-3-19(26)4-6-20/h3-10,12-13,15,28H,11,14,16H2,1-2H3,(H,29,32). The van der Waals surface area contributed by atoms with E-state index in [9.17, 15) is 0 Å². The quantitative estimate of drug-likeness (QED) is 0.330. The van der Waals surface area contributed by atoms with Gasteiger partial charge in [0.2, 0.25) is 0 Å². The molecule has 5 nitrogen and oxygen atoms in total. The zero-order valence-corrected chi connectivity index (χ0v) is 19.6. The number of thiocarbonyl (C=S) groups is 1. The number of pyridine rings is 1. The number of hydrogen-bond acceptors (Lipinski definition) is 3. The molecule has 4 aromatic rings. The van der Waals surface area contributed by atoms with E-state index >= 15 is 0 Å². The molecule has 0 saturated carbocycles. The van der Waals surface area contributed by atoms with Crippen LogP contribution in [0.2, 0.25) is 5.02 Å². The van der Waals surface area contributed by atoms with Crippen molar-refractivity contribution in [2.75, 3.05) is 19.0 Å². The summed E-state index contributed by atoms with van der Waals surface area (Å²) in [4.78, 5) is 9.79. The van der Waals surface area contributed by atoms with E-state index < -0.39 is 0 Å². The van der Waals surface area contributed by atoms with Crippen LogP contribution >= 0.6 is 23.8 Å². The zero-order chi connectivity index (χ0) is 22.5. The number of benzene rings is 2. The summed E-state index contributed by atoms with van der Waals surface area (Å²) in [6.07, 6.45) is 4.45. The number of anilines is 1. The lowest BCUT2D eigenvalue weighted by Gasteiger charge is -2.26. The third kappa shape index (κ3) is 5.21. The van der Waals surface area contributed by atoms with E-state index in [0.29, 0.717) is 16.7 Å². The van der Waals surface area contributed by atoms with E-state index in [-0.39, 0.29) is 0 Å². The highest BCUT2D eigenvalue weighted by atomic mass is 35.5. The molecule has 0 saturated heterocycles. The van der Waals surface area contributed by atoms with E-state index in [1.165, 1.54) is 10.9 Å². The van der Waals surface area contributed by atoms with Crippen LogP contribution in [-0.4, -0.2) is 33.6 Å². The SMILES string of the molecule is COc1ccc2[nH]c(C)c(CCN(Cc3ccncc3)C(=S)Nc3ccc(Cl)cc3)c2c1. The predicted octanol–water partition coefficient (Wildman–Crippen LogP) is 5.98. The highest BCUT2D eigenvalue weighted by Gasteiger charge is 2.15. The Morgan fingerprint density at radius 1 is 1.12 bits per heavy atom. The van der Waals surface area contributed by atoms with E-state index in [1.807, 2.05) is 42.5 Å². The van der Waals surface area contributed by atoms with Crippen molar-refractivity contribution in [1.29, 1.82) is 0 Å². The van der Waals surface area contributed by atoms with E-state index in [1.54, 1.807) is 19.5 Å². The number of fused-ring (bicyclic) bond motifs is 1. The monoisotopic (exact) mass is 464 g/mol. The number of hydrogen-bond donors (Lipinski definition) is 2. The van der Waals surface area contributed by atoms with Gasteiger partial charge in [0.25, 0.3) is 0 Å².